The number of aryl methyl sites for hydroxylation is 1. The van der Waals surface area contributed by atoms with E-state index < -0.39 is 0 Å². The number of carbonyl (C=O) groups is 1. The summed E-state index contributed by atoms with van der Waals surface area (Å²) in [4.78, 5) is 16.7. The second-order valence-corrected chi connectivity index (χ2v) is 5.12. The van der Waals surface area contributed by atoms with E-state index in [2.05, 4.69) is 10.3 Å². The molecule has 6 nitrogen and oxygen atoms in total. The van der Waals surface area contributed by atoms with Crippen LogP contribution in [0.1, 0.15) is 16.1 Å². The van der Waals surface area contributed by atoms with Crippen LogP contribution in [0.3, 0.4) is 0 Å². The highest BCUT2D eigenvalue weighted by Gasteiger charge is 2.12. The van der Waals surface area contributed by atoms with Crippen LogP contribution in [0, 0.1) is 6.92 Å². The molecule has 0 fully saturated rings. The predicted octanol–water partition coefficient (Wildman–Crippen LogP) is 2.91. The second-order valence-electron chi connectivity index (χ2n) is 5.12. The van der Waals surface area contributed by atoms with Gasteiger partial charge >= 0.3 is 0 Å². The average molecular weight is 311 g/mol. The van der Waals surface area contributed by atoms with Gasteiger partial charge in [0.15, 0.2) is 11.5 Å². The number of hydrogen-bond acceptors (Lipinski definition) is 4. The normalized spacial score (nSPS) is 10.6. The molecule has 0 atom stereocenters. The zero-order valence-corrected chi connectivity index (χ0v) is 13.2. The fourth-order valence-electron chi connectivity index (χ4n) is 2.30. The maximum absolute atomic E-state index is 12.4. The van der Waals surface area contributed by atoms with Crippen molar-refractivity contribution >= 4 is 17.2 Å². The van der Waals surface area contributed by atoms with Crippen LogP contribution in [0.5, 0.6) is 11.5 Å². The van der Waals surface area contributed by atoms with E-state index in [9.17, 15) is 4.79 Å². The number of hydrogen-bond donors (Lipinski definition) is 1. The third-order valence-corrected chi connectivity index (χ3v) is 3.49. The topological polar surface area (TPSA) is 64.9 Å². The quantitative estimate of drug-likeness (QED) is 0.804. The molecule has 0 unspecified atom stereocenters. The number of benzene rings is 1. The Morgan fingerprint density at radius 2 is 1.91 bits per heavy atom. The van der Waals surface area contributed by atoms with Crippen LogP contribution in [0.2, 0.25) is 0 Å². The largest absolute Gasteiger partial charge is 0.493 e. The van der Waals surface area contributed by atoms with Gasteiger partial charge in [-0.05, 0) is 36.8 Å². The molecule has 2 heterocycles. The van der Waals surface area contributed by atoms with Crippen molar-refractivity contribution in [2.24, 2.45) is 0 Å². The SMILES string of the molecule is COc1ccc(NC(=O)c2cn3ccc(C)cc3n2)cc1OC. The summed E-state index contributed by atoms with van der Waals surface area (Å²) in [5.41, 5.74) is 2.80. The second kappa shape index (κ2) is 6.00. The fraction of sp³-hybridized carbons (Fsp3) is 0.176. The molecule has 118 valence electrons. The molecule has 0 aliphatic rings. The summed E-state index contributed by atoms with van der Waals surface area (Å²) in [5.74, 6) is 0.878. The van der Waals surface area contributed by atoms with Crippen LogP contribution < -0.4 is 14.8 Å². The molecule has 0 aliphatic carbocycles. The lowest BCUT2D eigenvalue weighted by Crippen LogP contribution is -2.12. The predicted molar refractivity (Wildman–Crippen MR) is 87.4 cm³/mol. The fourth-order valence-corrected chi connectivity index (χ4v) is 2.30. The van der Waals surface area contributed by atoms with Gasteiger partial charge in [-0.25, -0.2) is 4.98 Å². The molecule has 1 N–H and O–H groups in total. The van der Waals surface area contributed by atoms with Gasteiger partial charge in [0, 0.05) is 24.1 Å². The van der Waals surface area contributed by atoms with E-state index >= 15 is 0 Å². The highest BCUT2D eigenvalue weighted by Crippen LogP contribution is 2.29. The van der Waals surface area contributed by atoms with Gasteiger partial charge < -0.3 is 19.2 Å². The zero-order valence-electron chi connectivity index (χ0n) is 13.2. The number of nitrogens with zero attached hydrogens (tertiary/aromatic N) is 2. The van der Waals surface area contributed by atoms with E-state index in [1.165, 1.54) is 0 Å². The first kappa shape index (κ1) is 14.9. The average Bonchev–Trinajstić information content (AvgIpc) is 2.97. The summed E-state index contributed by atoms with van der Waals surface area (Å²) in [6, 6.07) is 9.08. The van der Waals surface area contributed by atoms with Gasteiger partial charge in [0.1, 0.15) is 11.3 Å². The third-order valence-electron chi connectivity index (χ3n) is 3.49. The monoisotopic (exact) mass is 311 g/mol. The standard InChI is InChI=1S/C17H17N3O3/c1-11-6-7-20-10-13(19-16(20)8-11)17(21)18-12-4-5-14(22-2)15(9-12)23-3/h4-10H,1-3H3,(H,18,21). The van der Waals surface area contributed by atoms with Crippen molar-refractivity contribution in [3.8, 4) is 11.5 Å². The van der Waals surface area contributed by atoms with Crippen molar-refractivity contribution in [2.45, 2.75) is 6.92 Å². The van der Waals surface area contributed by atoms with Crippen molar-refractivity contribution < 1.29 is 14.3 Å². The smallest absolute Gasteiger partial charge is 0.275 e. The molecule has 0 saturated carbocycles. The maximum Gasteiger partial charge on any atom is 0.275 e. The Labute approximate surface area is 133 Å². The van der Waals surface area contributed by atoms with Crippen LogP contribution in [-0.4, -0.2) is 29.5 Å². The summed E-state index contributed by atoms with van der Waals surface area (Å²) in [7, 11) is 3.11. The number of imidazole rings is 1. The number of amides is 1. The molecule has 1 amide bonds. The lowest BCUT2D eigenvalue weighted by molar-refractivity contribution is 0.102. The summed E-state index contributed by atoms with van der Waals surface area (Å²) in [6.07, 6.45) is 3.58. The molecule has 6 heteroatoms. The van der Waals surface area contributed by atoms with E-state index in [4.69, 9.17) is 9.47 Å². The minimum Gasteiger partial charge on any atom is -0.493 e. The minimum atomic E-state index is -0.279. The highest BCUT2D eigenvalue weighted by molar-refractivity contribution is 6.03. The summed E-state index contributed by atoms with van der Waals surface area (Å²) < 4.78 is 12.2. The van der Waals surface area contributed by atoms with Crippen LogP contribution in [0.25, 0.3) is 5.65 Å². The molecular formula is C17H17N3O3. The first-order valence-corrected chi connectivity index (χ1v) is 7.09. The van der Waals surface area contributed by atoms with Crippen molar-refractivity contribution in [3.63, 3.8) is 0 Å². The van der Waals surface area contributed by atoms with Gasteiger partial charge in [-0.15, -0.1) is 0 Å². The Bertz CT molecular complexity index is 871. The Balaban J connectivity index is 1.85. The molecular weight excluding hydrogens is 294 g/mol. The van der Waals surface area contributed by atoms with Gasteiger partial charge in [0.05, 0.1) is 14.2 Å². The number of aromatic nitrogens is 2. The van der Waals surface area contributed by atoms with Crippen molar-refractivity contribution in [1.29, 1.82) is 0 Å². The maximum atomic E-state index is 12.4. The Morgan fingerprint density at radius 1 is 1.13 bits per heavy atom. The van der Waals surface area contributed by atoms with Crippen LogP contribution in [-0.2, 0) is 0 Å². The Hall–Kier alpha value is -3.02. The van der Waals surface area contributed by atoms with Crippen LogP contribution in [0.15, 0.2) is 42.7 Å². The van der Waals surface area contributed by atoms with E-state index in [0.29, 0.717) is 22.9 Å². The molecule has 2 aromatic heterocycles. The molecule has 0 saturated heterocycles. The number of methoxy groups -OCH3 is 2. The molecule has 3 rings (SSSR count). The van der Waals surface area contributed by atoms with Crippen LogP contribution in [0.4, 0.5) is 5.69 Å². The number of ether oxygens (including phenoxy) is 2. The van der Waals surface area contributed by atoms with Gasteiger partial charge in [0.2, 0.25) is 0 Å². The molecule has 1 aromatic carbocycles. The van der Waals surface area contributed by atoms with Crippen LogP contribution >= 0.6 is 0 Å². The Kier molecular flexibility index (Phi) is 3.89. The summed E-state index contributed by atoms with van der Waals surface area (Å²) in [6.45, 7) is 1.98. The van der Waals surface area contributed by atoms with Gasteiger partial charge in [0.25, 0.3) is 5.91 Å². The van der Waals surface area contributed by atoms with Crippen molar-refractivity contribution in [1.82, 2.24) is 9.38 Å². The molecule has 0 bridgehead atoms. The molecule has 0 aliphatic heterocycles. The first-order valence-electron chi connectivity index (χ1n) is 7.09. The summed E-state index contributed by atoms with van der Waals surface area (Å²) >= 11 is 0. The molecule has 3 aromatic rings. The number of fused-ring (bicyclic) bond motifs is 1. The number of pyridine rings is 1. The van der Waals surface area contributed by atoms with E-state index in [1.54, 1.807) is 38.6 Å². The van der Waals surface area contributed by atoms with E-state index in [0.717, 1.165) is 11.2 Å². The number of carbonyl (C=O) groups excluding carboxylic acids is 1. The first-order chi connectivity index (χ1) is 11.1. The minimum absolute atomic E-state index is 0.279. The highest BCUT2D eigenvalue weighted by atomic mass is 16.5. The van der Waals surface area contributed by atoms with Gasteiger partial charge in [-0.1, -0.05) is 0 Å². The van der Waals surface area contributed by atoms with Gasteiger partial charge in [-0.2, -0.15) is 0 Å². The molecule has 0 spiro atoms. The van der Waals surface area contributed by atoms with Crippen molar-refractivity contribution in [2.75, 3.05) is 19.5 Å². The van der Waals surface area contributed by atoms with Gasteiger partial charge in [-0.3, -0.25) is 4.79 Å². The summed E-state index contributed by atoms with van der Waals surface area (Å²) in [5, 5.41) is 2.81. The molecule has 0 radical (unpaired) electrons. The number of anilines is 1. The third kappa shape index (κ3) is 2.96. The molecule has 23 heavy (non-hydrogen) atoms. The zero-order chi connectivity index (χ0) is 16.4. The Morgan fingerprint density at radius 3 is 2.65 bits per heavy atom. The number of rotatable bonds is 4. The number of nitrogens with one attached hydrogen (secondary N) is 1. The van der Waals surface area contributed by atoms with E-state index in [-0.39, 0.29) is 5.91 Å². The lowest BCUT2D eigenvalue weighted by Gasteiger charge is -2.09. The van der Waals surface area contributed by atoms with E-state index in [1.807, 2.05) is 29.7 Å². The lowest BCUT2D eigenvalue weighted by atomic mass is 10.2. The van der Waals surface area contributed by atoms with Crippen molar-refractivity contribution in [3.05, 3.63) is 54.0 Å².